The molecule has 13 heavy (non-hydrogen) atoms. The van der Waals surface area contributed by atoms with E-state index in [1.54, 1.807) is 0 Å². The number of alkyl halides is 6. The molecule has 0 unspecified atom stereocenters. The highest BCUT2D eigenvalue weighted by molar-refractivity contribution is 5.64. The molecule has 3 nitrogen and oxygen atoms in total. The smallest absolute Gasteiger partial charge is 0.427 e. The van der Waals surface area contributed by atoms with Gasteiger partial charge in [0.25, 0.3) is 6.10 Å². The van der Waals surface area contributed by atoms with E-state index in [0.717, 1.165) is 0 Å². The summed E-state index contributed by atoms with van der Waals surface area (Å²) in [6.07, 6.45) is -17.7. The lowest BCUT2D eigenvalue weighted by Gasteiger charge is -2.21. The van der Waals surface area contributed by atoms with Gasteiger partial charge in [0.1, 0.15) is 0 Å². The predicted octanol–water partition coefficient (Wildman–Crippen LogP) is 1.57. The fourth-order valence-corrected chi connectivity index (χ4v) is 0.435. The first-order valence-electron chi connectivity index (χ1n) is 2.64. The number of nitrogens with two attached hydrogens (primary N) is 1. The van der Waals surface area contributed by atoms with Gasteiger partial charge in [0, 0.05) is 0 Å². The Morgan fingerprint density at radius 1 is 1.08 bits per heavy atom. The third kappa shape index (κ3) is 3.85. The Kier molecular flexibility index (Phi) is 3.01. The van der Waals surface area contributed by atoms with Crippen molar-refractivity contribution in [2.24, 2.45) is 5.73 Å². The van der Waals surface area contributed by atoms with Gasteiger partial charge in [0.15, 0.2) is 0 Å². The summed E-state index contributed by atoms with van der Waals surface area (Å²) in [5.41, 5.74) is 4.03. The minimum Gasteiger partial charge on any atom is -0.427 e. The Balaban J connectivity index is 4.68. The van der Waals surface area contributed by atoms with Crippen LogP contribution in [0.3, 0.4) is 0 Å². The number of halogens is 6. The lowest BCUT2D eigenvalue weighted by Crippen LogP contribution is -2.46. The molecule has 0 aliphatic heterocycles. The SMILES string of the molecule is NC(=O)OC(C(F)(F)F)C(F)(F)F. The summed E-state index contributed by atoms with van der Waals surface area (Å²) in [4.78, 5) is 9.70. The summed E-state index contributed by atoms with van der Waals surface area (Å²) in [5.74, 6) is 0. The van der Waals surface area contributed by atoms with Crippen molar-refractivity contribution in [3.05, 3.63) is 0 Å². The number of rotatable bonds is 1. The van der Waals surface area contributed by atoms with Crippen LogP contribution in [0.2, 0.25) is 0 Å². The average Bonchev–Trinajstić information content (AvgIpc) is 1.77. The van der Waals surface area contributed by atoms with Gasteiger partial charge in [-0.15, -0.1) is 0 Å². The van der Waals surface area contributed by atoms with Gasteiger partial charge in [-0.05, 0) is 0 Å². The molecule has 0 saturated heterocycles. The second-order valence-electron chi connectivity index (χ2n) is 1.90. The Hall–Kier alpha value is -1.15. The highest BCUT2D eigenvalue weighted by Crippen LogP contribution is 2.35. The van der Waals surface area contributed by atoms with Gasteiger partial charge in [-0.2, -0.15) is 26.3 Å². The van der Waals surface area contributed by atoms with Gasteiger partial charge in [-0.25, -0.2) is 4.79 Å². The summed E-state index contributed by atoms with van der Waals surface area (Å²) < 4.78 is 72.0. The molecule has 78 valence electrons. The molecule has 0 spiro atoms. The summed E-state index contributed by atoms with van der Waals surface area (Å²) in [6, 6.07) is 0. The molecule has 1 amide bonds. The van der Waals surface area contributed by atoms with Crippen LogP contribution in [0.4, 0.5) is 31.1 Å². The van der Waals surface area contributed by atoms with Crippen LogP contribution in [0.5, 0.6) is 0 Å². The fourth-order valence-electron chi connectivity index (χ4n) is 0.435. The van der Waals surface area contributed by atoms with Crippen LogP contribution in [0.15, 0.2) is 0 Å². The van der Waals surface area contributed by atoms with Crippen molar-refractivity contribution >= 4 is 6.09 Å². The molecule has 0 bridgehead atoms. The monoisotopic (exact) mass is 211 g/mol. The summed E-state index contributed by atoms with van der Waals surface area (Å²) in [6.45, 7) is 0. The summed E-state index contributed by atoms with van der Waals surface area (Å²) in [5, 5.41) is 0. The molecule has 0 rings (SSSR count). The maximum Gasteiger partial charge on any atom is 0.434 e. The van der Waals surface area contributed by atoms with Crippen molar-refractivity contribution in [3.8, 4) is 0 Å². The lowest BCUT2D eigenvalue weighted by atomic mass is 10.3. The van der Waals surface area contributed by atoms with Gasteiger partial charge in [-0.3, -0.25) is 0 Å². The standard InChI is InChI=1S/C4H3F6NO2/c5-3(6,7)1(4(8,9)10)13-2(11)12/h1H,(H2,11,12). The van der Waals surface area contributed by atoms with Crippen LogP contribution >= 0.6 is 0 Å². The number of amides is 1. The van der Waals surface area contributed by atoms with Crippen molar-refractivity contribution in [2.75, 3.05) is 0 Å². The molecular weight excluding hydrogens is 208 g/mol. The Bertz CT molecular complexity index is 182. The second kappa shape index (κ2) is 3.30. The zero-order valence-electron chi connectivity index (χ0n) is 5.74. The van der Waals surface area contributed by atoms with Gasteiger partial charge >= 0.3 is 18.4 Å². The molecule has 0 atom stereocenters. The van der Waals surface area contributed by atoms with Crippen molar-refractivity contribution in [2.45, 2.75) is 18.5 Å². The van der Waals surface area contributed by atoms with Crippen LogP contribution in [0.25, 0.3) is 0 Å². The molecule has 0 radical (unpaired) electrons. The van der Waals surface area contributed by atoms with E-state index in [-0.39, 0.29) is 0 Å². The van der Waals surface area contributed by atoms with E-state index in [2.05, 4.69) is 10.5 Å². The molecule has 0 saturated carbocycles. The number of primary amides is 1. The number of hydrogen-bond acceptors (Lipinski definition) is 2. The Labute approximate surface area is 67.4 Å². The van der Waals surface area contributed by atoms with Crippen molar-refractivity contribution in [1.82, 2.24) is 0 Å². The highest BCUT2D eigenvalue weighted by atomic mass is 19.4. The first-order valence-corrected chi connectivity index (χ1v) is 2.64. The maximum atomic E-state index is 11.5. The number of carbonyl (C=O) groups is 1. The Morgan fingerprint density at radius 3 is 1.46 bits per heavy atom. The zero-order valence-corrected chi connectivity index (χ0v) is 5.74. The van der Waals surface area contributed by atoms with Crippen LogP contribution < -0.4 is 5.73 Å². The molecule has 0 aromatic heterocycles. The van der Waals surface area contributed by atoms with Crippen molar-refractivity contribution in [1.29, 1.82) is 0 Å². The topological polar surface area (TPSA) is 52.3 Å². The molecule has 0 fully saturated rings. The third-order valence-corrected chi connectivity index (χ3v) is 0.829. The van der Waals surface area contributed by atoms with Crippen molar-refractivity contribution in [3.63, 3.8) is 0 Å². The molecule has 0 heterocycles. The zero-order chi connectivity index (χ0) is 10.9. The molecule has 2 N–H and O–H groups in total. The molecule has 0 aromatic rings. The summed E-state index contributed by atoms with van der Waals surface area (Å²) >= 11 is 0. The highest BCUT2D eigenvalue weighted by Gasteiger charge is 2.59. The number of ether oxygens (including phenoxy) is 1. The second-order valence-corrected chi connectivity index (χ2v) is 1.90. The van der Waals surface area contributed by atoms with E-state index in [9.17, 15) is 31.1 Å². The molecule has 0 aliphatic carbocycles. The van der Waals surface area contributed by atoms with E-state index in [1.807, 2.05) is 0 Å². The van der Waals surface area contributed by atoms with Crippen molar-refractivity contribution < 1.29 is 35.9 Å². The maximum absolute atomic E-state index is 11.5. The first-order chi connectivity index (χ1) is 5.55. The quantitative estimate of drug-likeness (QED) is 0.669. The van der Waals surface area contributed by atoms with Crippen LogP contribution in [-0.4, -0.2) is 24.5 Å². The normalized spacial score (nSPS) is 13.2. The fraction of sp³-hybridized carbons (Fsp3) is 0.750. The van der Waals surface area contributed by atoms with E-state index in [4.69, 9.17) is 0 Å². The molecule has 9 heteroatoms. The van der Waals surface area contributed by atoms with Gasteiger partial charge in [-0.1, -0.05) is 0 Å². The van der Waals surface area contributed by atoms with Gasteiger partial charge < -0.3 is 10.5 Å². The van der Waals surface area contributed by atoms with Crippen LogP contribution in [0, 0.1) is 0 Å². The predicted molar refractivity (Wildman–Crippen MR) is 26.6 cm³/mol. The first kappa shape index (κ1) is 11.8. The van der Waals surface area contributed by atoms with E-state index < -0.39 is 24.5 Å². The van der Waals surface area contributed by atoms with E-state index >= 15 is 0 Å². The minimum absolute atomic E-state index is 2.14. The van der Waals surface area contributed by atoms with E-state index in [1.165, 1.54) is 0 Å². The largest absolute Gasteiger partial charge is 0.434 e. The van der Waals surface area contributed by atoms with Crippen LogP contribution in [-0.2, 0) is 4.74 Å². The van der Waals surface area contributed by atoms with E-state index in [0.29, 0.717) is 0 Å². The van der Waals surface area contributed by atoms with Gasteiger partial charge in [0.05, 0.1) is 0 Å². The van der Waals surface area contributed by atoms with Gasteiger partial charge in [0.2, 0.25) is 0 Å². The number of hydrogen-bond donors (Lipinski definition) is 1. The van der Waals surface area contributed by atoms with Crippen LogP contribution in [0.1, 0.15) is 0 Å². The number of carbonyl (C=O) groups excluding carboxylic acids is 1. The lowest BCUT2D eigenvalue weighted by molar-refractivity contribution is -0.306. The Morgan fingerprint density at radius 2 is 1.38 bits per heavy atom. The third-order valence-electron chi connectivity index (χ3n) is 0.829. The molecule has 0 aliphatic rings. The summed E-state index contributed by atoms with van der Waals surface area (Å²) in [7, 11) is 0. The minimum atomic E-state index is -5.72. The molecule has 0 aromatic carbocycles. The average molecular weight is 211 g/mol. The molecular formula is C4H3F6NO2.